The van der Waals surface area contributed by atoms with E-state index in [1.807, 2.05) is 97.2 Å². The molecule has 3 aromatic carbocycles. The molecule has 0 aliphatic carbocycles. The van der Waals surface area contributed by atoms with Crippen LogP contribution in [0.15, 0.2) is 104 Å². The zero-order chi connectivity index (χ0) is 27.9. The number of ether oxygens (including phenoxy) is 5. The second-order valence-electron chi connectivity index (χ2n) is 9.82. The zero-order valence-corrected chi connectivity index (χ0v) is 22.8. The molecule has 2 aromatic heterocycles. The average molecular weight is 553 g/mol. The molecule has 0 N–H and O–H groups in total. The number of benzene rings is 3. The fraction of sp³-hybridized carbons (Fsp3) is 0.281. The monoisotopic (exact) mass is 552 g/mol. The number of rotatable bonds is 12. The third-order valence-electron chi connectivity index (χ3n) is 7.00. The highest BCUT2D eigenvalue weighted by Gasteiger charge is 2.48. The zero-order valence-electron chi connectivity index (χ0n) is 22.8. The van der Waals surface area contributed by atoms with Crippen LogP contribution in [0.25, 0.3) is 11.0 Å². The molecule has 3 heterocycles. The summed E-state index contributed by atoms with van der Waals surface area (Å²) in [6.45, 7) is 1.57. The Balaban J connectivity index is 1.29. The van der Waals surface area contributed by atoms with Crippen LogP contribution in [0.5, 0.6) is 5.88 Å². The first-order valence-electron chi connectivity index (χ1n) is 13.6. The van der Waals surface area contributed by atoms with E-state index in [9.17, 15) is 0 Å². The molecule has 1 aliphatic heterocycles. The van der Waals surface area contributed by atoms with Gasteiger partial charge in [0.1, 0.15) is 30.0 Å². The van der Waals surface area contributed by atoms with Crippen LogP contribution >= 0.6 is 0 Å². The van der Waals surface area contributed by atoms with Crippen LogP contribution in [-0.4, -0.2) is 51.8 Å². The largest absolute Gasteiger partial charge is 0.480 e. The maximum Gasteiger partial charge on any atom is 0.227 e. The lowest BCUT2D eigenvalue weighted by Crippen LogP contribution is -2.38. The molecule has 1 aliphatic rings. The van der Waals surface area contributed by atoms with Crippen LogP contribution in [0.2, 0.25) is 0 Å². The number of nitrogens with zero attached hydrogens (tertiary/aromatic N) is 4. The van der Waals surface area contributed by atoms with Crippen LogP contribution in [0.1, 0.15) is 22.9 Å². The molecule has 6 rings (SSSR count). The molecule has 9 nitrogen and oxygen atoms in total. The lowest BCUT2D eigenvalue weighted by molar-refractivity contribution is -0.0932. The van der Waals surface area contributed by atoms with Gasteiger partial charge in [-0.1, -0.05) is 91.0 Å². The first-order valence-corrected chi connectivity index (χ1v) is 13.6. The van der Waals surface area contributed by atoms with Gasteiger partial charge < -0.3 is 23.7 Å². The van der Waals surface area contributed by atoms with Gasteiger partial charge in [0, 0.05) is 6.20 Å². The first kappa shape index (κ1) is 27.0. The second-order valence-corrected chi connectivity index (χ2v) is 9.82. The van der Waals surface area contributed by atoms with Gasteiger partial charge in [-0.3, -0.25) is 0 Å². The smallest absolute Gasteiger partial charge is 0.227 e. The number of hydrogen-bond donors (Lipinski definition) is 0. The molecule has 5 aromatic rings. The fourth-order valence-electron chi connectivity index (χ4n) is 4.96. The van der Waals surface area contributed by atoms with Gasteiger partial charge in [-0.15, -0.1) is 5.10 Å². The minimum atomic E-state index is -0.594. The summed E-state index contributed by atoms with van der Waals surface area (Å²) in [6.07, 6.45) is 1.34. The molecule has 0 bridgehead atoms. The summed E-state index contributed by atoms with van der Waals surface area (Å²) in [5.41, 5.74) is 3.71. The van der Waals surface area contributed by atoms with Crippen molar-refractivity contribution in [2.24, 2.45) is 0 Å². The van der Waals surface area contributed by atoms with E-state index in [-0.39, 0.29) is 0 Å². The predicted octanol–water partition coefficient (Wildman–Crippen LogP) is 5.12. The molecular formula is C32H32N4O5. The molecule has 0 amide bonds. The SMILES string of the molecule is COc1ncnc2nn([C@@H]3O[C@H](COCc4ccccc4)[C@@H](OCc4ccccc4)[C@@H]3OCc3ccccc3)cc12. The van der Waals surface area contributed by atoms with Crippen molar-refractivity contribution in [1.29, 1.82) is 0 Å². The molecule has 210 valence electrons. The lowest BCUT2D eigenvalue weighted by Gasteiger charge is -2.25. The minimum absolute atomic E-state index is 0.319. The van der Waals surface area contributed by atoms with Crippen LogP contribution < -0.4 is 4.74 Å². The molecule has 9 heteroatoms. The fourth-order valence-corrected chi connectivity index (χ4v) is 4.96. The van der Waals surface area contributed by atoms with Crippen LogP contribution in [-0.2, 0) is 38.8 Å². The molecule has 0 unspecified atom stereocenters. The van der Waals surface area contributed by atoms with Crippen molar-refractivity contribution in [3.8, 4) is 5.88 Å². The summed E-state index contributed by atoms with van der Waals surface area (Å²) in [7, 11) is 1.57. The van der Waals surface area contributed by atoms with E-state index in [0.29, 0.717) is 43.3 Å². The number of hydrogen-bond acceptors (Lipinski definition) is 8. The Kier molecular flexibility index (Phi) is 8.58. The molecule has 1 fully saturated rings. The van der Waals surface area contributed by atoms with Gasteiger partial charge in [-0.05, 0) is 16.7 Å². The summed E-state index contributed by atoms with van der Waals surface area (Å²) in [6, 6.07) is 30.2. The van der Waals surface area contributed by atoms with Crippen molar-refractivity contribution >= 4 is 11.0 Å². The highest BCUT2D eigenvalue weighted by atomic mass is 16.6. The maximum atomic E-state index is 6.63. The van der Waals surface area contributed by atoms with Crippen molar-refractivity contribution in [2.45, 2.75) is 44.4 Å². The lowest BCUT2D eigenvalue weighted by atomic mass is 10.1. The minimum Gasteiger partial charge on any atom is -0.480 e. The van der Waals surface area contributed by atoms with Gasteiger partial charge in [0.25, 0.3) is 0 Å². The molecule has 0 radical (unpaired) electrons. The highest BCUT2D eigenvalue weighted by Crippen LogP contribution is 2.36. The van der Waals surface area contributed by atoms with Crippen molar-refractivity contribution in [1.82, 2.24) is 19.7 Å². The molecule has 1 saturated heterocycles. The molecule has 0 spiro atoms. The van der Waals surface area contributed by atoms with E-state index < -0.39 is 24.5 Å². The van der Waals surface area contributed by atoms with E-state index in [2.05, 4.69) is 9.97 Å². The quantitative estimate of drug-likeness (QED) is 0.211. The summed E-state index contributed by atoms with van der Waals surface area (Å²) in [5, 5.41) is 5.39. The highest BCUT2D eigenvalue weighted by molar-refractivity contribution is 5.79. The van der Waals surface area contributed by atoms with E-state index in [1.165, 1.54) is 6.33 Å². The first-order chi connectivity index (χ1) is 20.3. The van der Waals surface area contributed by atoms with E-state index >= 15 is 0 Å². The Hall–Kier alpha value is -4.15. The Bertz CT molecular complexity index is 1520. The predicted molar refractivity (Wildman–Crippen MR) is 152 cm³/mol. The molecule has 0 saturated carbocycles. The van der Waals surface area contributed by atoms with Crippen molar-refractivity contribution in [3.63, 3.8) is 0 Å². The van der Waals surface area contributed by atoms with Crippen molar-refractivity contribution in [3.05, 3.63) is 120 Å². The van der Waals surface area contributed by atoms with E-state index in [1.54, 1.807) is 11.8 Å². The van der Waals surface area contributed by atoms with E-state index in [0.717, 1.165) is 16.7 Å². The summed E-state index contributed by atoms with van der Waals surface area (Å²) < 4.78 is 33.1. The average Bonchev–Trinajstić information content (AvgIpc) is 3.62. The normalized spacial score (nSPS) is 20.4. The Morgan fingerprint density at radius 2 is 1.32 bits per heavy atom. The molecular weight excluding hydrogens is 520 g/mol. The second kappa shape index (κ2) is 13.0. The summed E-state index contributed by atoms with van der Waals surface area (Å²) >= 11 is 0. The number of fused-ring (bicyclic) bond motifs is 1. The van der Waals surface area contributed by atoms with Crippen LogP contribution in [0.3, 0.4) is 0 Å². The summed E-state index contributed by atoms with van der Waals surface area (Å²) in [5.74, 6) is 0.445. The third-order valence-corrected chi connectivity index (χ3v) is 7.00. The van der Waals surface area contributed by atoms with Crippen LogP contribution in [0, 0.1) is 0 Å². The Morgan fingerprint density at radius 3 is 1.93 bits per heavy atom. The number of methoxy groups -OCH3 is 1. The van der Waals surface area contributed by atoms with E-state index in [4.69, 9.17) is 28.8 Å². The standard InChI is InChI=1S/C32H32N4O5/c1-37-31-26-17-36(35-30(26)33-22-34-31)32-29(40-20-25-15-9-4-10-16-25)28(39-19-24-13-7-3-8-14-24)27(41-32)21-38-18-23-11-5-2-6-12-23/h2-17,22,27-29,32H,18-21H2,1H3/t27-,28-,29+,32-/m1/s1. The van der Waals surface area contributed by atoms with Crippen molar-refractivity contribution in [2.75, 3.05) is 13.7 Å². The third kappa shape index (κ3) is 6.44. The molecule has 41 heavy (non-hydrogen) atoms. The van der Waals surface area contributed by atoms with Gasteiger partial charge in [0.05, 0.1) is 33.5 Å². The van der Waals surface area contributed by atoms with Gasteiger partial charge in [-0.25, -0.2) is 14.6 Å². The van der Waals surface area contributed by atoms with Gasteiger partial charge in [0.2, 0.25) is 5.88 Å². The maximum absolute atomic E-state index is 6.63. The van der Waals surface area contributed by atoms with Crippen molar-refractivity contribution < 1.29 is 23.7 Å². The Morgan fingerprint density at radius 1 is 0.732 bits per heavy atom. The van der Waals surface area contributed by atoms with Gasteiger partial charge >= 0.3 is 0 Å². The van der Waals surface area contributed by atoms with Gasteiger partial charge in [0.15, 0.2) is 11.9 Å². The summed E-state index contributed by atoms with van der Waals surface area (Å²) in [4.78, 5) is 8.54. The Labute approximate surface area is 238 Å². The van der Waals surface area contributed by atoms with Gasteiger partial charge in [-0.2, -0.15) is 0 Å². The van der Waals surface area contributed by atoms with Crippen LogP contribution in [0.4, 0.5) is 0 Å². The molecule has 4 atom stereocenters. The number of aromatic nitrogens is 4. The topological polar surface area (TPSA) is 89.8 Å².